The van der Waals surface area contributed by atoms with Crippen LogP contribution in [0.5, 0.6) is 0 Å². The van der Waals surface area contributed by atoms with Crippen molar-refractivity contribution >= 4 is 17.4 Å². The zero-order valence-corrected chi connectivity index (χ0v) is 16.1. The third-order valence-corrected chi connectivity index (χ3v) is 5.81. The van der Waals surface area contributed by atoms with Gasteiger partial charge in [-0.2, -0.15) is 0 Å². The van der Waals surface area contributed by atoms with E-state index in [2.05, 4.69) is 22.2 Å². The monoisotopic (exact) mass is 381 g/mol. The van der Waals surface area contributed by atoms with Gasteiger partial charge in [0.25, 0.3) is 5.91 Å². The van der Waals surface area contributed by atoms with Crippen molar-refractivity contribution in [3.05, 3.63) is 53.4 Å². The number of nitrogens with zero attached hydrogens (tertiary/aromatic N) is 3. The fraction of sp³-hybridized carbons (Fsp3) is 0.429. The maximum Gasteiger partial charge on any atom is 0.275 e. The van der Waals surface area contributed by atoms with E-state index in [0.29, 0.717) is 28.9 Å². The molecular formula is C21H24FN5O. The molecule has 1 aromatic heterocycles. The van der Waals surface area contributed by atoms with E-state index in [-0.39, 0.29) is 17.4 Å². The summed E-state index contributed by atoms with van der Waals surface area (Å²) in [5.74, 6) is 0.735. The maximum atomic E-state index is 14.6. The predicted molar refractivity (Wildman–Crippen MR) is 106 cm³/mol. The normalized spacial score (nSPS) is 23.0. The number of anilines is 1. The topological polar surface area (TPSA) is 93.3 Å². The average molecular weight is 381 g/mol. The van der Waals surface area contributed by atoms with Crippen LogP contribution in [-0.4, -0.2) is 21.7 Å². The number of carbonyl (C=O) groups excluding carboxylic acids is 1. The lowest BCUT2D eigenvalue weighted by atomic mass is 9.74. The van der Waals surface area contributed by atoms with Crippen LogP contribution in [0, 0.1) is 24.6 Å². The second-order valence-electron chi connectivity index (χ2n) is 7.92. The molecule has 4 rings (SSSR count). The summed E-state index contributed by atoms with van der Waals surface area (Å²) in [7, 11) is 0. The summed E-state index contributed by atoms with van der Waals surface area (Å²) < 4.78 is 14.6. The van der Waals surface area contributed by atoms with Gasteiger partial charge in [0, 0.05) is 23.4 Å². The van der Waals surface area contributed by atoms with Gasteiger partial charge in [-0.3, -0.25) is 14.8 Å². The van der Waals surface area contributed by atoms with Gasteiger partial charge in [0.15, 0.2) is 0 Å². The molecule has 2 aliphatic rings. The molecule has 1 aromatic carbocycles. The van der Waals surface area contributed by atoms with E-state index in [1.165, 1.54) is 24.5 Å². The number of aromatic nitrogens is 2. The summed E-state index contributed by atoms with van der Waals surface area (Å²) in [6, 6.07) is 4.56. The van der Waals surface area contributed by atoms with Gasteiger partial charge < -0.3 is 11.1 Å². The Morgan fingerprint density at radius 3 is 2.64 bits per heavy atom. The van der Waals surface area contributed by atoms with E-state index < -0.39 is 5.54 Å². The molecule has 6 nitrogen and oxygen atoms in total. The highest BCUT2D eigenvalue weighted by Crippen LogP contribution is 2.51. The number of rotatable bonds is 5. The number of carbonyl (C=O) groups is 1. The molecule has 28 heavy (non-hydrogen) atoms. The minimum atomic E-state index is -0.603. The van der Waals surface area contributed by atoms with Crippen molar-refractivity contribution in [2.75, 3.05) is 5.32 Å². The lowest BCUT2D eigenvalue weighted by Gasteiger charge is -2.33. The van der Waals surface area contributed by atoms with E-state index in [4.69, 9.17) is 10.7 Å². The second kappa shape index (κ2) is 6.96. The van der Waals surface area contributed by atoms with Gasteiger partial charge in [-0.15, -0.1) is 0 Å². The van der Waals surface area contributed by atoms with Crippen LogP contribution in [0.2, 0.25) is 0 Å². The van der Waals surface area contributed by atoms with E-state index in [0.717, 1.165) is 31.4 Å². The Morgan fingerprint density at radius 1 is 1.29 bits per heavy atom. The molecule has 2 atom stereocenters. The third kappa shape index (κ3) is 3.48. The lowest BCUT2D eigenvalue weighted by Crippen LogP contribution is -2.37. The SMILES string of the molecule is Cc1cnc(C(=O)Nc2ccc(F)c(C3(N=C(N)C4CCC4C)CC3)c2)cn1. The number of nitrogens with two attached hydrogens (primary N) is 1. The molecule has 0 spiro atoms. The third-order valence-electron chi connectivity index (χ3n) is 5.81. The Balaban J connectivity index is 1.56. The van der Waals surface area contributed by atoms with Crippen LogP contribution in [0.1, 0.15) is 54.4 Å². The predicted octanol–water partition coefficient (Wildman–Crippen LogP) is 3.57. The first-order valence-electron chi connectivity index (χ1n) is 9.63. The number of aliphatic imine (C=N–C) groups is 1. The molecule has 0 saturated heterocycles. The summed E-state index contributed by atoms with van der Waals surface area (Å²) >= 11 is 0. The number of nitrogens with one attached hydrogen (secondary N) is 1. The van der Waals surface area contributed by atoms with Gasteiger partial charge in [-0.1, -0.05) is 6.92 Å². The number of hydrogen-bond donors (Lipinski definition) is 2. The molecule has 0 aliphatic heterocycles. The number of benzene rings is 1. The van der Waals surface area contributed by atoms with Crippen LogP contribution in [0.3, 0.4) is 0 Å². The van der Waals surface area contributed by atoms with E-state index >= 15 is 0 Å². The molecule has 2 aliphatic carbocycles. The molecule has 0 radical (unpaired) electrons. The summed E-state index contributed by atoms with van der Waals surface area (Å²) in [5.41, 5.74) is 7.55. The van der Waals surface area contributed by atoms with Crippen molar-refractivity contribution in [3.8, 4) is 0 Å². The molecule has 2 fully saturated rings. The van der Waals surface area contributed by atoms with Crippen LogP contribution >= 0.6 is 0 Å². The largest absolute Gasteiger partial charge is 0.387 e. The molecule has 3 N–H and O–H groups in total. The quantitative estimate of drug-likeness (QED) is 0.612. The van der Waals surface area contributed by atoms with Gasteiger partial charge >= 0.3 is 0 Å². The van der Waals surface area contributed by atoms with Crippen molar-refractivity contribution in [2.45, 2.75) is 45.1 Å². The number of amides is 1. The Hall–Kier alpha value is -2.83. The molecule has 2 saturated carbocycles. The highest BCUT2D eigenvalue weighted by atomic mass is 19.1. The summed E-state index contributed by atoms with van der Waals surface area (Å²) in [6.45, 7) is 3.97. The highest BCUT2D eigenvalue weighted by Gasteiger charge is 2.47. The second-order valence-corrected chi connectivity index (χ2v) is 7.92. The van der Waals surface area contributed by atoms with Crippen LogP contribution < -0.4 is 11.1 Å². The van der Waals surface area contributed by atoms with Crippen LogP contribution in [0.4, 0.5) is 10.1 Å². The fourth-order valence-corrected chi connectivity index (χ4v) is 3.66. The van der Waals surface area contributed by atoms with Crippen molar-refractivity contribution in [3.63, 3.8) is 0 Å². The van der Waals surface area contributed by atoms with Crippen molar-refractivity contribution < 1.29 is 9.18 Å². The number of aryl methyl sites for hydroxylation is 1. The standard InChI is InChI=1S/C21H24FN5O/c1-12-3-5-15(12)19(23)27-21(7-8-21)16-9-14(4-6-17(16)22)26-20(28)18-11-24-13(2)10-25-18/h4,6,9-12,15H,3,5,7-8H2,1-2H3,(H2,23,27)(H,26,28). The highest BCUT2D eigenvalue weighted by molar-refractivity contribution is 6.02. The van der Waals surface area contributed by atoms with E-state index in [1.54, 1.807) is 13.0 Å². The van der Waals surface area contributed by atoms with Crippen LogP contribution in [0.15, 0.2) is 35.6 Å². The Kier molecular flexibility index (Phi) is 4.61. The smallest absolute Gasteiger partial charge is 0.275 e. The number of halogens is 1. The Bertz CT molecular complexity index is 936. The summed E-state index contributed by atoms with van der Waals surface area (Å²) in [5, 5.41) is 2.76. The molecule has 0 bridgehead atoms. The first kappa shape index (κ1) is 18.5. The van der Waals surface area contributed by atoms with Crippen LogP contribution in [-0.2, 0) is 5.54 Å². The van der Waals surface area contributed by atoms with Crippen molar-refractivity contribution in [1.82, 2.24) is 9.97 Å². The fourth-order valence-electron chi connectivity index (χ4n) is 3.66. The van der Waals surface area contributed by atoms with Gasteiger partial charge in [-0.05, 0) is 56.7 Å². The molecule has 146 valence electrons. The van der Waals surface area contributed by atoms with E-state index in [1.807, 2.05) is 0 Å². The summed E-state index contributed by atoms with van der Waals surface area (Å²) in [4.78, 5) is 25.3. The van der Waals surface area contributed by atoms with Gasteiger partial charge in [0.1, 0.15) is 11.5 Å². The minimum absolute atomic E-state index is 0.207. The Labute approximate surface area is 163 Å². The molecule has 7 heteroatoms. The average Bonchev–Trinajstić information content (AvgIpc) is 3.42. The lowest BCUT2D eigenvalue weighted by molar-refractivity contribution is 0.102. The number of amidine groups is 1. The Morgan fingerprint density at radius 2 is 2.07 bits per heavy atom. The van der Waals surface area contributed by atoms with Gasteiger partial charge in [-0.25, -0.2) is 9.37 Å². The first-order valence-corrected chi connectivity index (χ1v) is 9.63. The molecular weight excluding hydrogens is 357 g/mol. The molecule has 1 amide bonds. The van der Waals surface area contributed by atoms with E-state index in [9.17, 15) is 9.18 Å². The number of hydrogen-bond acceptors (Lipinski definition) is 4. The van der Waals surface area contributed by atoms with Crippen molar-refractivity contribution in [1.29, 1.82) is 0 Å². The minimum Gasteiger partial charge on any atom is -0.387 e. The van der Waals surface area contributed by atoms with Crippen LogP contribution in [0.25, 0.3) is 0 Å². The zero-order valence-electron chi connectivity index (χ0n) is 16.1. The maximum absolute atomic E-state index is 14.6. The molecule has 1 heterocycles. The molecule has 2 aromatic rings. The van der Waals surface area contributed by atoms with Crippen molar-refractivity contribution in [2.24, 2.45) is 22.6 Å². The van der Waals surface area contributed by atoms with Gasteiger partial charge in [0.05, 0.1) is 23.3 Å². The van der Waals surface area contributed by atoms with Gasteiger partial charge in [0.2, 0.25) is 0 Å². The molecule has 2 unspecified atom stereocenters. The first-order chi connectivity index (χ1) is 13.4. The summed E-state index contributed by atoms with van der Waals surface area (Å²) in [6.07, 6.45) is 6.67. The zero-order chi connectivity index (χ0) is 19.9.